The summed E-state index contributed by atoms with van der Waals surface area (Å²) in [6.45, 7) is 4.26. The van der Waals surface area contributed by atoms with Gasteiger partial charge in [-0.25, -0.2) is 4.99 Å². The van der Waals surface area contributed by atoms with E-state index in [0.29, 0.717) is 6.04 Å². The van der Waals surface area contributed by atoms with Crippen LogP contribution in [0, 0.1) is 0 Å². The third kappa shape index (κ3) is 2.04. The highest BCUT2D eigenvalue weighted by atomic mass is 32.2. The lowest BCUT2D eigenvalue weighted by atomic mass is 10.3. The molecule has 0 fully saturated rings. The zero-order valence-electron chi connectivity index (χ0n) is 8.20. The van der Waals surface area contributed by atoms with Crippen LogP contribution in [-0.4, -0.2) is 12.0 Å². The van der Waals surface area contributed by atoms with E-state index >= 15 is 0 Å². The summed E-state index contributed by atoms with van der Waals surface area (Å²) in [5, 5.41) is 6.55. The predicted octanol–water partition coefficient (Wildman–Crippen LogP) is 2.92. The van der Waals surface area contributed by atoms with Crippen molar-refractivity contribution in [2.45, 2.75) is 31.2 Å². The Labute approximate surface area is 92.1 Å². The second kappa shape index (κ2) is 4.23. The van der Waals surface area contributed by atoms with Crippen molar-refractivity contribution in [3.63, 3.8) is 0 Å². The Hall–Kier alpha value is -0.680. The Bertz CT molecular complexity index is 346. The molecule has 5 heteroatoms. The van der Waals surface area contributed by atoms with Crippen LogP contribution < -0.4 is 10.0 Å². The van der Waals surface area contributed by atoms with Crippen molar-refractivity contribution in [2.24, 2.45) is 4.99 Å². The standard InChI is InChI=1S/C9H13N3S2/c1-3-6(2)10-9-11-8-7(14-12-9)4-5-13-8/h4-6H,3H2,1-2H3,(H2,10,11,12). The van der Waals surface area contributed by atoms with Crippen LogP contribution in [0.5, 0.6) is 0 Å². The average Bonchev–Trinajstić information content (AvgIpc) is 2.64. The normalized spacial score (nSPS) is 19.7. The summed E-state index contributed by atoms with van der Waals surface area (Å²) < 4.78 is 3.19. The number of hydrogen-bond donors (Lipinski definition) is 2. The van der Waals surface area contributed by atoms with Gasteiger partial charge in [-0.3, -0.25) is 4.72 Å². The van der Waals surface area contributed by atoms with Crippen LogP contribution in [0.2, 0.25) is 0 Å². The molecule has 1 aromatic heterocycles. The zero-order valence-corrected chi connectivity index (χ0v) is 9.84. The van der Waals surface area contributed by atoms with E-state index in [-0.39, 0.29) is 0 Å². The van der Waals surface area contributed by atoms with Gasteiger partial charge in [-0.2, -0.15) is 0 Å². The fraction of sp³-hybridized carbons (Fsp3) is 0.444. The summed E-state index contributed by atoms with van der Waals surface area (Å²) in [5.41, 5.74) is 0. The summed E-state index contributed by atoms with van der Waals surface area (Å²) >= 11 is 3.33. The molecule has 1 aliphatic heterocycles. The van der Waals surface area contributed by atoms with Crippen LogP contribution in [0.15, 0.2) is 21.3 Å². The molecular formula is C9H13N3S2. The number of rotatable bonds is 2. The van der Waals surface area contributed by atoms with Gasteiger partial charge in [0.2, 0.25) is 5.96 Å². The molecule has 2 N–H and O–H groups in total. The van der Waals surface area contributed by atoms with Crippen LogP contribution in [0.25, 0.3) is 0 Å². The topological polar surface area (TPSA) is 36.4 Å². The number of nitrogens with zero attached hydrogens (tertiary/aromatic N) is 1. The number of nitrogens with one attached hydrogen (secondary N) is 2. The second-order valence-corrected chi connectivity index (χ2v) is 4.94. The minimum atomic E-state index is 0.368. The number of aliphatic imine (C=N–C) groups is 1. The molecule has 1 atom stereocenters. The van der Waals surface area contributed by atoms with Crippen molar-refractivity contribution in [3.8, 4) is 0 Å². The Morgan fingerprint density at radius 2 is 2.43 bits per heavy atom. The molecule has 76 valence electrons. The van der Waals surface area contributed by atoms with Gasteiger partial charge in [-0.15, -0.1) is 11.3 Å². The fourth-order valence-electron chi connectivity index (χ4n) is 1.08. The van der Waals surface area contributed by atoms with E-state index in [1.54, 1.807) is 23.3 Å². The molecule has 2 rings (SSSR count). The largest absolute Gasteiger partial charge is 0.316 e. The highest BCUT2D eigenvalue weighted by Crippen LogP contribution is 2.33. The van der Waals surface area contributed by atoms with E-state index in [0.717, 1.165) is 12.4 Å². The van der Waals surface area contributed by atoms with Crippen molar-refractivity contribution < 1.29 is 0 Å². The molecule has 0 saturated carbocycles. The van der Waals surface area contributed by atoms with E-state index in [1.165, 1.54) is 9.90 Å². The quantitative estimate of drug-likeness (QED) is 0.763. The lowest BCUT2D eigenvalue weighted by Gasteiger charge is -2.18. The number of guanidine groups is 1. The van der Waals surface area contributed by atoms with Crippen molar-refractivity contribution >= 4 is 34.2 Å². The predicted molar refractivity (Wildman–Crippen MR) is 64.1 cm³/mol. The molecule has 0 aromatic carbocycles. The molecule has 1 aromatic rings. The smallest absolute Gasteiger partial charge is 0.207 e. The van der Waals surface area contributed by atoms with Gasteiger partial charge in [0.1, 0.15) is 5.00 Å². The molecule has 1 unspecified atom stereocenters. The highest BCUT2D eigenvalue weighted by molar-refractivity contribution is 7.98. The van der Waals surface area contributed by atoms with Crippen LogP contribution in [0.3, 0.4) is 0 Å². The van der Waals surface area contributed by atoms with Crippen molar-refractivity contribution in [1.29, 1.82) is 0 Å². The lowest BCUT2D eigenvalue weighted by molar-refractivity contribution is 0.714. The van der Waals surface area contributed by atoms with E-state index < -0.39 is 0 Å². The van der Waals surface area contributed by atoms with Gasteiger partial charge in [0.25, 0.3) is 0 Å². The fourth-order valence-corrected chi connectivity index (χ4v) is 2.70. The average molecular weight is 227 g/mol. The lowest BCUT2D eigenvalue weighted by Crippen LogP contribution is -2.29. The van der Waals surface area contributed by atoms with Crippen molar-refractivity contribution in [1.82, 2.24) is 4.72 Å². The summed E-state index contributed by atoms with van der Waals surface area (Å²) in [6, 6.07) is 2.47. The monoisotopic (exact) mass is 227 g/mol. The summed E-state index contributed by atoms with van der Waals surface area (Å²) in [5.74, 6) is 0.874. The number of fused-ring (bicyclic) bond motifs is 1. The Morgan fingerprint density at radius 1 is 1.57 bits per heavy atom. The number of hydrogen-bond acceptors (Lipinski definition) is 3. The first-order valence-electron chi connectivity index (χ1n) is 4.64. The van der Waals surface area contributed by atoms with Crippen LogP contribution >= 0.6 is 23.3 Å². The summed E-state index contributed by atoms with van der Waals surface area (Å²) in [7, 11) is 0. The minimum absolute atomic E-state index is 0.368. The van der Waals surface area contributed by atoms with Gasteiger partial charge in [0.15, 0.2) is 0 Å². The van der Waals surface area contributed by atoms with E-state index in [9.17, 15) is 0 Å². The van der Waals surface area contributed by atoms with Gasteiger partial charge in [-0.05, 0) is 36.7 Å². The number of thiophene rings is 1. The molecule has 0 radical (unpaired) electrons. The third-order valence-corrected chi connectivity index (χ3v) is 3.87. The molecule has 0 saturated heterocycles. The molecular weight excluding hydrogens is 214 g/mol. The van der Waals surface area contributed by atoms with E-state index in [4.69, 9.17) is 0 Å². The first-order chi connectivity index (χ1) is 6.79. The van der Waals surface area contributed by atoms with Gasteiger partial charge in [-0.1, -0.05) is 6.92 Å². The molecule has 3 nitrogen and oxygen atoms in total. The Balaban J connectivity index is 2.11. The number of anilines is 1. The maximum atomic E-state index is 4.51. The van der Waals surface area contributed by atoms with E-state index in [1.807, 2.05) is 0 Å². The van der Waals surface area contributed by atoms with Gasteiger partial charge in [0.05, 0.1) is 10.9 Å². The molecule has 0 aliphatic carbocycles. The van der Waals surface area contributed by atoms with Crippen molar-refractivity contribution in [3.05, 3.63) is 11.4 Å². The third-order valence-electron chi connectivity index (χ3n) is 2.06. The van der Waals surface area contributed by atoms with Crippen LogP contribution in [0.4, 0.5) is 5.00 Å². The molecule has 0 bridgehead atoms. The minimum Gasteiger partial charge on any atom is -0.316 e. The highest BCUT2D eigenvalue weighted by Gasteiger charge is 2.14. The SMILES string of the molecule is CCC(C)N=C1NSc2ccsc2N1. The maximum Gasteiger partial charge on any atom is 0.207 e. The van der Waals surface area contributed by atoms with Gasteiger partial charge < -0.3 is 5.32 Å². The zero-order chi connectivity index (χ0) is 9.97. The Morgan fingerprint density at radius 3 is 3.21 bits per heavy atom. The van der Waals surface area contributed by atoms with Crippen LogP contribution in [0.1, 0.15) is 20.3 Å². The Kier molecular flexibility index (Phi) is 2.98. The van der Waals surface area contributed by atoms with Gasteiger partial charge >= 0.3 is 0 Å². The van der Waals surface area contributed by atoms with Crippen molar-refractivity contribution in [2.75, 3.05) is 5.32 Å². The summed E-state index contributed by atoms with van der Waals surface area (Å²) in [4.78, 5) is 5.76. The van der Waals surface area contributed by atoms with Crippen LogP contribution in [-0.2, 0) is 0 Å². The molecule has 1 aliphatic rings. The molecule has 2 heterocycles. The summed E-state index contributed by atoms with van der Waals surface area (Å²) in [6.07, 6.45) is 1.06. The molecule has 14 heavy (non-hydrogen) atoms. The first kappa shape index (κ1) is 9.86. The maximum absolute atomic E-state index is 4.51. The van der Waals surface area contributed by atoms with Gasteiger partial charge in [0, 0.05) is 0 Å². The molecule has 0 spiro atoms. The molecule has 0 amide bonds. The van der Waals surface area contributed by atoms with E-state index in [2.05, 4.69) is 40.3 Å². The first-order valence-corrected chi connectivity index (χ1v) is 6.34. The second-order valence-electron chi connectivity index (χ2n) is 3.18.